The molecule has 0 spiro atoms. The van der Waals surface area contributed by atoms with Crippen molar-refractivity contribution < 1.29 is 31.9 Å². The van der Waals surface area contributed by atoms with Crippen LogP contribution in [0.5, 0.6) is 0 Å². The Kier molecular flexibility index (Phi) is 5.31. The maximum atomic E-state index is 13.9. The van der Waals surface area contributed by atoms with Crippen LogP contribution >= 0.6 is 0 Å². The van der Waals surface area contributed by atoms with E-state index in [1.807, 2.05) is 0 Å². The number of nitrogens with one attached hydrogen (secondary N) is 1. The monoisotopic (exact) mass is 408 g/mol. The zero-order valence-electron chi connectivity index (χ0n) is 14.7. The second kappa shape index (κ2) is 7.70. The molecule has 0 radical (unpaired) electrons. The predicted molar refractivity (Wildman–Crippen MR) is 92.1 cm³/mol. The smallest absolute Gasteiger partial charge is 0.418 e. The zero-order valence-corrected chi connectivity index (χ0v) is 14.7. The number of alkyl halides is 3. The molecule has 1 N–H and O–H groups in total. The van der Waals surface area contributed by atoms with Crippen molar-refractivity contribution in [2.75, 3.05) is 12.4 Å². The minimum absolute atomic E-state index is 0.00745. The average Bonchev–Trinajstić information content (AvgIpc) is 3.18. The van der Waals surface area contributed by atoms with Gasteiger partial charge < -0.3 is 10.1 Å². The van der Waals surface area contributed by atoms with Gasteiger partial charge in [-0.3, -0.25) is 4.79 Å². The molecule has 29 heavy (non-hydrogen) atoms. The van der Waals surface area contributed by atoms with Gasteiger partial charge in [0.05, 0.1) is 35.8 Å². The van der Waals surface area contributed by atoms with Gasteiger partial charge in [-0.2, -0.15) is 13.2 Å². The highest BCUT2D eigenvalue weighted by Gasteiger charge is 2.34. The second-order valence-electron chi connectivity index (χ2n) is 5.70. The molecule has 1 amide bonds. The van der Waals surface area contributed by atoms with Gasteiger partial charge in [-0.15, -0.1) is 5.10 Å². The van der Waals surface area contributed by atoms with Gasteiger partial charge in [0.25, 0.3) is 5.91 Å². The summed E-state index contributed by atoms with van der Waals surface area (Å²) in [6.45, 7) is 0. The van der Waals surface area contributed by atoms with E-state index in [9.17, 15) is 27.2 Å². The lowest BCUT2D eigenvalue weighted by atomic mass is 10.1. The van der Waals surface area contributed by atoms with Gasteiger partial charge in [-0.25, -0.2) is 13.9 Å². The maximum Gasteiger partial charge on any atom is 0.418 e. The third-order valence-electron chi connectivity index (χ3n) is 3.82. The Morgan fingerprint density at radius 3 is 2.55 bits per heavy atom. The van der Waals surface area contributed by atoms with Crippen molar-refractivity contribution in [1.29, 1.82) is 0 Å². The number of benzene rings is 2. The molecule has 11 heteroatoms. The number of methoxy groups -OCH3 is 1. The summed E-state index contributed by atoms with van der Waals surface area (Å²) in [5.74, 6) is -2.50. The molecule has 3 rings (SSSR count). The highest BCUT2D eigenvalue weighted by Crippen LogP contribution is 2.33. The van der Waals surface area contributed by atoms with E-state index in [0.29, 0.717) is 0 Å². The lowest BCUT2D eigenvalue weighted by molar-refractivity contribution is -0.137. The molecule has 3 aromatic rings. The number of hydrogen-bond donors (Lipinski definition) is 1. The SMILES string of the molecule is COC(=O)c1ccc(F)c(NC(=O)c2cn(-c3ccccc3C(F)(F)F)nn2)c1. The molecule has 150 valence electrons. The van der Waals surface area contributed by atoms with Crippen LogP contribution in [0.2, 0.25) is 0 Å². The number of nitrogens with zero attached hydrogens (tertiary/aromatic N) is 3. The summed E-state index contributed by atoms with van der Waals surface area (Å²) in [5, 5.41) is 9.27. The molecule has 0 saturated heterocycles. The van der Waals surface area contributed by atoms with Crippen molar-refractivity contribution in [2.45, 2.75) is 6.18 Å². The summed E-state index contributed by atoms with van der Waals surface area (Å²) < 4.78 is 58.7. The van der Waals surface area contributed by atoms with Crippen LogP contribution in [0.1, 0.15) is 26.4 Å². The number of anilines is 1. The molecule has 0 bridgehead atoms. The first kappa shape index (κ1) is 20.0. The number of amides is 1. The Bertz CT molecular complexity index is 1080. The van der Waals surface area contributed by atoms with Gasteiger partial charge in [0.15, 0.2) is 5.69 Å². The largest absolute Gasteiger partial charge is 0.465 e. The van der Waals surface area contributed by atoms with Crippen LogP contribution in [0, 0.1) is 5.82 Å². The number of carbonyl (C=O) groups excluding carboxylic acids is 2. The van der Waals surface area contributed by atoms with Gasteiger partial charge in [-0.05, 0) is 30.3 Å². The molecule has 0 atom stereocenters. The molecule has 0 aliphatic carbocycles. The summed E-state index contributed by atoms with van der Waals surface area (Å²) in [7, 11) is 1.14. The molecule has 1 heterocycles. The molecule has 0 unspecified atom stereocenters. The number of rotatable bonds is 4. The molecular weight excluding hydrogens is 396 g/mol. The summed E-state index contributed by atoms with van der Waals surface area (Å²) >= 11 is 0. The van der Waals surface area contributed by atoms with Gasteiger partial charge in [0.2, 0.25) is 0 Å². The third-order valence-corrected chi connectivity index (χ3v) is 3.82. The predicted octanol–water partition coefficient (Wildman–Crippen LogP) is 3.46. The first-order valence-electron chi connectivity index (χ1n) is 7.99. The Labute approximate surface area is 160 Å². The number of esters is 1. The van der Waals surface area contributed by atoms with Crippen molar-refractivity contribution in [1.82, 2.24) is 15.0 Å². The van der Waals surface area contributed by atoms with Crippen LogP contribution in [0.15, 0.2) is 48.7 Å². The van der Waals surface area contributed by atoms with E-state index in [2.05, 4.69) is 20.4 Å². The molecule has 0 fully saturated rings. The minimum Gasteiger partial charge on any atom is -0.465 e. The van der Waals surface area contributed by atoms with Gasteiger partial charge in [0.1, 0.15) is 5.82 Å². The first-order chi connectivity index (χ1) is 13.7. The van der Waals surface area contributed by atoms with Crippen molar-refractivity contribution in [3.8, 4) is 5.69 Å². The standard InChI is InChI=1S/C18H12F4N4O3/c1-29-17(28)10-6-7-12(19)13(8-10)23-16(27)14-9-26(25-24-14)15-5-3-2-4-11(15)18(20,21)22/h2-9H,1H3,(H,23,27). The lowest BCUT2D eigenvalue weighted by Gasteiger charge is -2.11. The summed E-state index contributed by atoms with van der Waals surface area (Å²) in [6, 6.07) is 7.80. The Morgan fingerprint density at radius 2 is 1.86 bits per heavy atom. The molecule has 2 aromatic carbocycles. The van der Waals surface area contributed by atoms with Crippen LogP contribution in [0.25, 0.3) is 5.69 Å². The highest BCUT2D eigenvalue weighted by atomic mass is 19.4. The van der Waals surface area contributed by atoms with E-state index in [1.165, 1.54) is 24.3 Å². The number of hydrogen-bond acceptors (Lipinski definition) is 5. The van der Waals surface area contributed by atoms with Crippen LogP contribution in [0.3, 0.4) is 0 Å². The second-order valence-corrected chi connectivity index (χ2v) is 5.70. The van der Waals surface area contributed by atoms with E-state index in [1.54, 1.807) is 0 Å². The molecule has 1 aromatic heterocycles. The highest BCUT2D eigenvalue weighted by molar-refractivity contribution is 6.03. The van der Waals surface area contributed by atoms with Crippen LogP contribution in [-0.4, -0.2) is 34.0 Å². The quantitative estimate of drug-likeness (QED) is 0.528. The van der Waals surface area contributed by atoms with Crippen LogP contribution in [0.4, 0.5) is 23.2 Å². The fraction of sp³-hybridized carbons (Fsp3) is 0.111. The van der Waals surface area contributed by atoms with E-state index < -0.39 is 29.4 Å². The number of carbonyl (C=O) groups is 2. The molecular formula is C18H12F4N4O3. The maximum absolute atomic E-state index is 13.9. The van der Waals surface area contributed by atoms with Crippen molar-refractivity contribution in [2.24, 2.45) is 0 Å². The molecule has 0 aliphatic rings. The van der Waals surface area contributed by atoms with E-state index in [0.717, 1.165) is 36.2 Å². The minimum atomic E-state index is -4.64. The zero-order chi connectivity index (χ0) is 21.2. The third kappa shape index (κ3) is 4.23. The van der Waals surface area contributed by atoms with E-state index in [-0.39, 0.29) is 22.6 Å². The van der Waals surface area contributed by atoms with Crippen molar-refractivity contribution >= 4 is 17.6 Å². The number of para-hydroxylation sites is 1. The first-order valence-corrected chi connectivity index (χ1v) is 7.99. The normalized spacial score (nSPS) is 11.2. The summed E-state index contributed by atoms with van der Waals surface area (Å²) in [4.78, 5) is 23.8. The van der Waals surface area contributed by atoms with Gasteiger partial charge in [-0.1, -0.05) is 17.3 Å². The lowest BCUT2D eigenvalue weighted by Crippen LogP contribution is -2.14. The average molecular weight is 408 g/mol. The van der Waals surface area contributed by atoms with E-state index in [4.69, 9.17) is 0 Å². The summed E-state index contributed by atoms with van der Waals surface area (Å²) in [5.41, 5.74) is -1.99. The fourth-order valence-electron chi connectivity index (χ4n) is 2.45. The molecule has 0 saturated carbocycles. The number of ether oxygens (including phenoxy) is 1. The molecule has 7 nitrogen and oxygen atoms in total. The van der Waals surface area contributed by atoms with E-state index >= 15 is 0 Å². The Morgan fingerprint density at radius 1 is 1.14 bits per heavy atom. The Balaban J connectivity index is 1.87. The molecule has 0 aliphatic heterocycles. The topological polar surface area (TPSA) is 86.1 Å². The fourth-order valence-corrected chi connectivity index (χ4v) is 2.45. The van der Waals surface area contributed by atoms with Crippen molar-refractivity contribution in [3.63, 3.8) is 0 Å². The van der Waals surface area contributed by atoms with Crippen LogP contribution < -0.4 is 5.32 Å². The number of aromatic nitrogens is 3. The Hall–Kier alpha value is -3.76. The van der Waals surface area contributed by atoms with Crippen LogP contribution in [-0.2, 0) is 10.9 Å². The summed E-state index contributed by atoms with van der Waals surface area (Å²) in [6.07, 6.45) is -3.66. The van der Waals surface area contributed by atoms with Gasteiger partial charge >= 0.3 is 12.1 Å². The van der Waals surface area contributed by atoms with Crippen molar-refractivity contribution in [3.05, 3.63) is 71.3 Å². The number of halogens is 4. The van der Waals surface area contributed by atoms with Gasteiger partial charge in [0, 0.05) is 0 Å².